The van der Waals surface area contributed by atoms with Gasteiger partial charge in [0.1, 0.15) is 12.4 Å². The van der Waals surface area contributed by atoms with Gasteiger partial charge in [0, 0.05) is 9.26 Å². The Bertz CT molecular complexity index is 1240. The highest BCUT2D eigenvalue weighted by Gasteiger charge is 2.22. The molecule has 0 heterocycles. The van der Waals surface area contributed by atoms with Crippen molar-refractivity contribution in [2.75, 3.05) is 11.9 Å². The van der Waals surface area contributed by atoms with Crippen LogP contribution in [0.5, 0.6) is 0 Å². The van der Waals surface area contributed by atoms with Gasteiger partial charge >= 0.3 is 0 Å². The highest BCUT2D eigenvalue weighted by atomic mass is 127. The zero-order valence-electron chi connectivity index (χ0n) is 16.5. The van der Waals surface area contributed by atoms with Gasteiger partial charge < -0.3 is 5.32 Å². The number of nitrogens with one attached hydrogen (secondary N) is 2. The fourth-order valence-electron chi connectivity index (χ4n) is 2.68. The van der Waals surface area contributed by atoms with E-state index in [1.165, 1.54) is 12.1 Å². The lowest BCUT2D eigenvalue weighted by molar-refractivity contribution is 0.0438. The Kier molecular flexibility index (Phi) is 8.17. The van der Waals surface area contributed by atoms with Crippen molar-refractivity contribution < 1.29 is 22.8 Å². The van der Waals surface area contributed by atoms with Gasteiger partial charge in [-0.15, -0.1) is 0 Å². The summed E-state index contributed by atoms with van der Waals surface area (Å²) in [6, 6.07) is 12.5. The molecule has 0 aliphatic carbocycles. The maximum absolute atomic E-state index is 14.7. The first-order chi connectivity index (χ1) is 15.3. The Balaban J connectivity index is 1.77. The lowest BCUT2D eigenvalue weighted by Crippen LogP contribution is -2.25. The van der Waals surface area contributed by atoms with Gasteiger partial charge in [-0.25, -0.2) is 18.7 Å². The molecule has 0 atom stereocenters. The molecular formula is C23H15BrF3IN2O2. The van der Waals surface area contributed by atoms with Crippen molar-refractivity contribution in [3.63, 3.8) is 0 Å². The maximum atomic E-state index is 14.7. The van der Waals surface area contributed by atoms with E-state index in [9.17, 15) is 18.0 Å². The average molecular weight is 615 g/mol. The van der Waals surface area contributed by atoms with Crippen LogP contribution in [0.4, 0.5) is 24.5 Å². The number of amides is 1. The summed E-state index contributed by atoms with van der Waals surface area (Å²) in [5.74, 6) is 1.49. The van der Waals surface area contributed by atoms with Crippen molar-refractivity contribution in [2.45, 2.75) is 6.92 Å². The van der Waals surface area contributed by atoms with Crippen LogP contribution in [0, 0.1) is 39.8 Å². The number of carbonyl (C=O) groups is 1. The van der Waals surface area contributed by atoms with E-state index in [0.29, 0.717) is 5.69 Å². The van der Waals surface area contributed by atoms with Crippen LogP contribution in [0.1, 0.15) is 21.5 Å². The molecule has 0 radical (unpaired) electrons. The van der Waals surface area contributed by atoms with Crippen LogP contribution in [-0.2, 0) is 4.84 Å². The molecule has 4 nitrogen and oxygen atoms in total. The van der Waals surface area contributed by atoms with Crippen LogP contribution in [0.25, 0.3) is 0 Å². The highest BCUT2D eigenvalue weighted by Crippen LogP contribution is 2.32. The summed E-state index contributed by atoms with van der Waals surface area (Å²) in [6.45, 7) is 1.55. The third kappa shape index (κ3) is 5.82. The SMILES string of the molecule is Cc1cc(I)ccc1Nc1c(C(=O)NOCC#Cc2ccccc2F)cc(Br)c(F)c1F. The molecule has 3 aromatic rings. The van der Waals surface area contributed by atoms with Gasteiger partial charge in [-0.2, -0.15) is 0 Å². The van der Waals surface area contributed by atoms with Gasteiger partial charge in [0.2, 0.25) is 0 Å². The summed E-state index contributed by atoms with van der Waals surface area (Å²) in [7, 11) is 0. The minimum atomic E-state index is -1.22. The number of aryl methyl sites for hydroxylation is 1. The molecular weight excluding hydrogens is 600 g/mol. The van der Waals surface area contributed by atoms with Crippen molar-refractivity contribution in [2.24, 2.45) is 0 Å². The topological polar surface area (TPSA) is 50.4 Å². The van der Waals surface area contributed by atoms with Gasteiger partial charge in [-0.05, 0) is 87.4 Å². The first-order valence-corrected chi connectivity index (χ1v) is 11.0. The lowest BCUT2D eigenvalue weighted by Gasteiger charge is -2.16. The fraction of sp³-hybridized carbons (Fsp3) is 0.0870. The van der Waals surface area contributed by atoms with E-state index in [2.05, 4.69) is 61.2 Å². The van der Waals surface area contributed by atoms with Crippen molar-refractivity contribution >= 4 is 55.8 Å². The third-order valence-corrected chi connectivity index (χ3v) is 5.51. The fourth-order valence-corrected chi connectivity index (χ4v) is 3.73. The van der Waals surface area contributed by atoms with Crippen LogP contribution < -0.4 is 10.8 Å². The normalized spacial score (nSPS) is 10.3. The molecule has 0 aliphatic rings. The Labute approximate surface area is 204 Å². The van der Waals surface area contributed by atoms with Crippen LogP contribution in [0.3, 0.4) is 0 Å². The molecule has 0 bridgehead atoms. The van der Waals surface area contributed by atoms with Crippen molar-refractivity contribution in [1.29, 1.82) is 0 Å². The molecule has 0 spiro atoms. The molecule has 32 heavy (non-hydrogen) atoms. The number of anilines is 2. The first-order valence-electron chi connectivity index (χ1n) is 9.14. The van der Waals surface area contributed by atoms with Crippen LogP contribution in [0.2, 0.25) is 0 Å². The van der Waals surface area contributed by atoms with Gasteiger partial charge in [-0.1, -0.05) is 24.0 Å². The Morgan fingerprint density at radius 3 is 2.59 bits per heavy atom. The zero-order chi connectivity index (χ0) is 23.3. The predicted octanol–water partition coefficient (Wildman–Crippen LogP) is 6.24. The van der Waals surface area contributed by atoms with E-state index in [1.807, 2.05) is 6.07 Å². The van der Waals surface area contributed by atoms with Crippen LogP contribution >= 0.6 is 38.5 Å². The predicted molar refractivity (Wildman–Crippen MR) is 128 cm³/mol. The number of hydrogen-bond donors (Lipinski definition) is 2. The van der Waals surface area contributed by atoms with E-state index in [4.69, 9.17) is 4.84 Å². The Hall–Kier alpha value is -2.55. The van der Waals surface area contributed by atoms with Crippen molar-refractivity contribution in [3.8, 4) is 11.8 Å². The van der Waals surface area contributed by atoms with Crippen molar-refractivity contribution in [3.05, 3.63) is 90.7 Å². The standard InChI is InChI=1S/C23H15BrF3IN2O2/c1-13-11-15(28)8-9-19(13)29-22-16(12-17(24)20(26)21(22)27)23(31)30-32-10-4-6-14-5-2-3-7-18(14)25/h2-3,5,7-9,11-12,29H,10H2,1H3,(H,30,31). The quantitative estimate of drug-likeness (QED) is 0.118. The summed E-state index contributed by atoms with van der Waals surface area (Å²) in [6.07, 6.45) is 0. The van der Waals surface area contributed by atoms with Crippen molar-refractivity contribution in [1.82, 2.24) is 5.48 Å². The third-order valence-electron chi connectivity index (χ3n) is 4.26. The molecule has 0 aliphatic heterocycles. The second-order valence-corrected chi connectivity index (χ2v) is 8.59. The van der Waals surface area contributed by atoms with Gasteiger partial charge in [0.15, 0.2) is 11.6 Å². The number of carbonyl (C=O) groups excluding carboxylic acids is 1. The minimum absolute atomic E-state index is 0.184. The van der Waals surface area contributed by atoms with E-state index in [0.717, 1.165) is 15.2 Å². The van der Waals surface area contributed by atoms with Gasteiger partial charge in [-0.3, -0.25) is 9.63 Å². The second kappa shape index (κ2) is 10.8. The first kappa shape index (κ1) is 24.1. The van der Waals surface area contributed by atoms with E-state index in [1.54, 1.807) is 31.2 Å². The maximum Gasteiger partial charge on any atom is 0.277 e. The molecule has 0 aromatic heterocycles. The molecule has 9 heteroatoms. The number of halogens is 5. The highest BCUT2D eigenvalue weighted by molar-refractivity contribution is 14.1. The van der Waals surface area contributed by atoms with E-state index < -0.39 is 23.4 Å². The minimum Gasteiger partial charge on any atom is -0.352 e. The molecule has 3 rings (SSSR count). The summed E-state index contributed by atoms with van der Waals surface area (Å²) in [5.41, 5.74) is 3.09. The average Bonchev–Trinajstić information content (AvgIpc) is 2.76. The Morgan fingerprint density at radius 2 is 1.88 bits per heavy atom. The van der Waals surface area contributed by atoms with Gasteiger partial charge in [0.05, 0.1) is 21.3 Å². The summed E-state index contributed by atoms with van der Waals surface area (Å²) >= 11 is 5.05. The smallest absolute Gasteiger partial charge is 0.277 e. The summed E-state index contributed by atoms with van der Waals surface area (Å²) < 4.78 is 43.2. The molecule has 3 aromatic carbocycles. The Morgan fingerprint density at radius 1 is 1.12 bits per heavy atom. The zero-order valence-corrected chi connectivity index (χ0v) is 20.3. The number of rotatable bonds is 5. The van der Waals surface area contributed by atoms with E-state index in [-0.39, 0.29) is 27.9 Å². The lowest BCUT2D eigenvalue weighted by atomic mass is 10.1. The van der Waals surface area contributed by atoms with Crippen LogP contribution in [-0.4, -0.2) is 12.5 Å². The second-order valence-electron chi connectivity index (χ2n) is 6.49. The number of benzene rings is 3. The van der Waals surface area contributed by atoms with Crippen LogP contribution in [0.15, 0.2) is 53.0 Å². The number of hydroxylamine groups is 1. The number of hydrogen-bond acceptors (Lipinski definition) is 3. The molecule has 2 N–H and O–H groups in total. The molecule has 0 saturated carbocycles. The molecule has 0 saturated heterocycles. The molecule has 1 amide bonds. The molecule has 164 valence electrons. The van der Waals surface area contributed by atoms with E-state index >= 15 is 0 Å². The molecule has 0 fully saturated rings. The molecule has 0 unspecified atom stereocenters. The van der Waals surface area contributed by atoms with Gasteiger partial charge in [0.25, 0.3) is 5.91 Å². The monoisotopic (exact) mass is 614 g/mol. The summed E-state index contributed by atoms with van der Waals surface area (Å²) in [4.78, 5) is 17.6. The summed E-state index contributed by atoms with van der Waals surface area (Å²) in [5, 5.41) is 2.79. The largest absolute Gasteiger partial charge is 0.352 e.